The molecule has 3 aromatic carbocycles. The van der Waals surface area contributed by atoms with Crippen molar-refractivity contribution in [3.05, 3.63) is 65.2 Å². The van der Waals surface area contributed by atoms with E-state index in [1.165, 1.54) is 30.6 Å². The van der Waals surface area contributed by atoms with Gasteiger partial charge in [0.1, 0.15) is 5.75 Å². The van der Waals surface area contributed by atoms with Crippen LogP contribution in [-0.2, 0) is 0 Å². The summed E-state index contributed by atoms with van der Waals surface area (Å²) in [5.74, 6) is 1.04. The van der Waals surface area contributed by atoms with E-state index in [1.807, 2.05) is 23.2 Å². The van der Waals surface area contributed by atoms with Gasteiger partial charge in [-0.2, -0.15) is 0 Å². The van der Waals surface area contributed by atoms with E-state index in [9.17, 15) is 4.79 Å². The summed E-state index contributed by atoms with van der Waals surface area (Å²) < 4.78 is 6.23. The third-order valence-electron chi connectivity index (χ3n) is 8.57. The van der Waals surface area contributed by atoms with Gasteiger partial charge in [0.2, 0.25) is 0 Å². The van der Waals surface area contributed by atoms with Crippen LogP contribution in [0, 0.1) is 13.8 Å². The number of aryl methyl sites for hydroxylation is 2. The van der Waals surface area contributed by atoms with Crippen LogP contribution in [0.25, 0.3) is 10.8 Å². The molecule has 0 aliphatic carbocycles. The van der Waals surface area contributed by atoms with Crippen molar-refractivity contribution in [1.29, 1.82) is 0 Å². The van der Waals surface area contributed by atoms with Gasteiger partial charge in [-0.15, -0.1) is 0 Å². The van der Waals surface area contributed by atoms with Crippen molar-refractivity contribution in [3.63, 3.8) is 0 Å². The van der Waals surface area contributed by atoms with Gasteiger partial charge >= 0.3 is 0 Å². The van der Waals surface area contributed by atoms with Crippen LogP contribution >= 0.6 is 0 Å². The number of rotatable bonds is 8. The lowest BCUT2D eigenvalue weighted by Crippen LogP contribution is -2.46. The van der Waals surface area contributed by atoms with Crippen molar-refractivity contribution in [2.45, 2.75) is 52.0 Å². The minimum absolute atomic E-state index is 0.109. The minimum Gasteiger partial charge on any atom is -0.493 e. The molecule has 1 amide bonds. The number of amides is 1. The van der Waals surface area contributed by atoms with Gasteiger partial charge in [-0.3, -0.25) is 14.7 Å². The van der Waals surface area contributed by atoms with E-state index in [0.29, 0.717) is 5.56 Å². The van der Waals surface area contributed by atoms with E-state index in [-0.39, 0.29) is 11.9 Å². The number of unbranched alkanes of at least 4 members (excludes halogenated alkanes) is 2. The predicted octanol–water partition coefficient (Wildman–Crippen LogP) is 6.15. The first-order valence-corrected chi connectivity index (χ1v) is 14.7. The SMILES string of the molecule is Cc1ccc(N2CCN(CCCCCOc3cc4cc5c(cc4cc3C)C(=O)N3CCC[C@H]3C=N5)CC2)cc1. The Morgan fingerprint density at radius 1 is 0.897 bits per heavy atom. The number of anilines is 1. The molecule has 0 spiro atoms. The molecule has 204 valence electrons. The van der Waals surface area contributed by atoms with Crippen molar-refractivity contribution >= 4 is 34.3 Å². The standard InChI is InChI=1S/C33H40N4O2/c1-24-8-10-28(11-9-24)36-16-14-35(15-17-36)12-4-3-5-18-39-32-22-27-21-31-30(20-26(27)19-25(32)2)33(38)37-13-6-7-29(37)23-34-31/h8-11,19-23,29H,3-7,12-18H2,1-2H3/t29-/m0/s1. The maximum atomic E-state index is 13.1. The molecule has 6 heteroatoms. The molecule has 6 nitrogen and oxygen atoms in total. The Morgan fingerprint density at radius 2 is 1.69 bits per heavy atom. The summed E-state index contributed by atoms with van der Waals surface area (Å²) in [6.07, 6.45) is 7.45. The average Bonchev–Trinajstić information content (AvgIpc) is 3.38. The first-order chi connectivity index (χ1) is 19.0. The Labute approximate surface area is 232 Å². The zero-order valence-electron chi connectivity index (χ0n) is 23.4. The molecule has 39 heavy (non-hydrogen) atoms. The van der Waals surface area contributed by atoms with Gasteiger partial charge in [0, 0.05) is 44.6 Å². The first kappa shape index (κ1) is 25.9. The molecule has 0 unspecified atom stereocenters. The summed E-state index contributed by atoms with van der Waals surface area (Å²) in [6.45, 7) is 11.4. The van der Waals surface area contributed by atoms with E-state index >= 15 is 0 Å². The average molecular weight is 525 g/mol. The van der Waals surface area contributed by atoms with Crippen LogP contribution in [0.1, 0.15) is 53.6 Å². The monoisotopic (exact) mass is 524 g/mol. The van der Waals surface area contributed by atoms with Gasteiger partial charge in [-0.1, -0.05) is 17.7 Å². The zero-order valence-corrected chi connectivity index (χ0v) is 23.4. The number of hydrogen-bond acceptors (Lipinski definition) is 5. The summed E-state index contributed by atoms with van der Waals surface area (Å²) in [4.78, 5) is 24.9. The van der Waals surface area contributed by atoms with E-state index in [0.717, 1.165) is 86.4 Å². The molecule has 0 bridgehead atoms. The molecule has 1 atom stereocenters. The molecule has 0 radical (unpaired) electrons. The molecule has 3 heterocycles. The molecule has 3 aliphatic heterocycles. The molecule has 0 aromatic heterocycles. The maximum Gasteiger partial charge on any atom is 0.256 e. The second-order valence-corrected chi connectivity index (χ2v) is 11.4. The fourth-order valence-corrected chi connectivity index (χ4v) is 6.17. The van der Waals surface area contributed by atoms with Gasteiger partial charge in [0.05, 0.1) is 23.9 Å². The van der Waals surface area contributed by atoms with Crippen LogP contribution < -0.4 is 9.64 Å². The molecule has 0 saturated carbocycles. The summed E-state index contributed by atoms with van der Waals surface area (Å²) >= 11 is 0. The third-order valence-corrected chi connectivity index (χ3v) is 8.57. The molecule has 0 N–H and O–H groups in total. The lowest BCUT2D eigenvalue weighted by atomic mass is 10.0. The number of carbonyl (C=O) groups excluding carboxylic acids is 1. The fourth-order valence-electron chi connectivity index (χ4n) is 6.17. The Morgan fingerprint density at radius 3 is 2.51 bits per heavy atom. The smallest absolute Gasteiger partial charge is 0.256 e. The number of fused-ring (bicyclic) bond motifs is 3. The Bertz CT molecular complexity index is 1360. The lowest BCUT2D eigenvalue weighted by Gasteiger charge is -2.36. The highest BCUT2D eigenvalue weighted by Gasteiger charge is 2.31. The molecular formula is C33H40N4O2. The number of piperazine rings is 1. The molecule has 2 fully saturated rings. The minimum atomic E-state index is 0.109. The maximum absolute atomic E-state index is 13.1. The van der Waals surface area contributed by atoms with Crippen LogP contribution in [0.5, 0.6) is 5.75 Å². The van der Waals surface area contributed by atoms with E-state index < -0.39 is 0 Å². The van der Waals surface area contributed by atoms with E-state index in [2.05, 4.69) is 60.0 Å². The van der Waals surface area contributed by atoms with Crippen LogP contribution in [0.3, 0.4) is 0 Å². The van der Waals surface area contributed by atoms with Gasteiger partial charge in [-0.25, -0.2) is 0 Å². The summed E-state index contributed by atoms with van der Waals surface area (Å²) in [7, 11) is 0. The molecule has 3 aromatic rings. The van der Waals surface area contributed by atoms with Crippen molar-refractivity contribution in [1.82, 2.24) is 9.80 Å². The second kappa shape index (κ2) is 11.4. The van der Waals surface area contributed by atoms with Gasteiger partial charge in [0.25, 0.3) is 5.91 Å². The van der Waals surface area contributed by atoms with Gasteiger partial charge < -0.3 is 14.5 Å². The topological polar surface area (TPSA) is 48.4 Å². The van der Waals surface area contributed by atoms with Crippen LogP contribution in [0.4, 0.5) is 11.4 Å². The van der Waals surface area contributed by atoms with Crippen LogP contribution in [-0.4, -0.2) is 73.8 Å². The number of nitrogens with zero attached hydrogens (tertiary/aromatic N) is 4. The number of ether oxygens (including phenoxy) is 1. The molecule has 2 saturated heterocycles. The Kier molecular flexibility index (Phi) is 7.55. The van der Waals surface area contributed by atoms with Gasteiger partial charge in [0.15, 0.2) is 0 Å². The van der Waals surface area contributed by atoms with E-state index in [4.69, 9.17) is 9.73 Å². The number of carbonyl (C=O) groups is 1. The molecule has 3 aliphatic rings. The fraction of sp³-hybridized carbons (Fsp3) is 0.455. The number of aliphatic imine (C=N–C) groups is 1. The van der Waals surface area contributed by atoms with Crippen LogP contribution in [0.15, 0.2) is 53.5 Å². The van der Waals surface area contributed by atoms with Gasteiger partial charge in [-0.05, 0) is 105 Å². The number of benzene rings is 3. The Balaban J connectivity index is 0.976. The quantitative estimate of drug-likeness (QED) is 0.332. The van der Waals surface area contributed by atoms with Crippen molar-refractivity contribution in [2.24, 2.45) is 4.99 Å². The number of hydrogen-bond donors (Lipinski definition) is 0. The lowest BCUT2D eigenvalue weighted by molar-refractivity contribution is 0.0775. The van der Waals surface area contributed by atoms with Crippen molar-refractivity contribution < 1.29 is 9.53 Å². The predicted molar refractivity (Wildman–Crippen MR) is 160 cm³/mol. The summed E-state index contributed by atoms with van der Waals surface area (Å²) in [6, 6.07) is 17.4. The first-order valence-electron chi connectivity index (χ1n) is 14.7. The highest BCUT2D eigenvalue weighted by Crippen LogP contribution is 2.35. The van der Waals surface area contributed by atoms with Crippen LogP contribution in [0.2, 0.25) is 0 Å². The van der Waals surface area contributed by atoms with E-state index in [1.54, 1.807) is 0 Å². The highest BCUT2D eigenvalue weighted by molar-refractivity contribution is 6.06. The van der Waals surface area contributed by atoms with Crippen molar-refractivity contribution in [2.75, 3.05) is 50.8 Å². The molecule has 6 rings (SSSR count). The summed E-state index contributed by atoms with van der Waals surface area (Å²) in [5.41, 5.74) is 5.26. The zero-order chi connectivity index (χ0) is 26.8. The molecular weight excluding hydrogens is 484 g/mol. The third kappa shape index (κ3) is 5.67. The highest BCUT2D eigenvalue weighted by atomic mass is 16.5. The summed E-state index contributed by atoms with van der Waals surface area (Å²) in [5, 5.41) is 2.15. The Hall–Kier alpha value is -3.38. The normalized spacial score (nSPS) is 19.3. The second-order valence-electron chi connectivity index (χ2n) is 11.4. The largest absolute Gasteiger partial charge is 0.493 e. The van der Waals surface area contributed by atoms with Crippen molar-refractivity contribution in [3.8, 4) is 5.75 Å².